The molecule has 0 aliphatic carbocycles. The van der Waals surface area contributed by atoms with Gasteiger partial charge in [-0.15, -0.1) is 0 Å². The van der Waals surface area contributed by atoms with Crippen LogP contribution in [0.5, 0.6) is 0 Å². The molecule has 0 bridgehead atoms. The minimum Gasteiger partial charge on any atom is -0.312 e. The van der Waals surface area contributed by atoms with Crippen LogP contribution in [0.1, 0.15) is 32.3 Å². The van der Waals surface area contributed by atoms with Gasteiger partial charge >= 0.3 is 0 Å². The first-order chi connectivity index (χ1) is 9.33. The van der Waals surface area contributed by atoms with Gasteiger partial charge in [-0.05, 0) is 36.2 Å². The molecule has 0 saturated heterocycles. The summed E-state index contributed by atoms with van der Waals surface area (Å²) in [5.74, 6) is 0.795. The number of rotatable bonds is 7. The third-order valence-corrected chi connectivity index (χ3v) is 3.62. The van der Waals surface area contributed by atoms with Crippen LogP contribution in [0, 0.1) is 5.92 Å². The standard InChI is InChI=1S/C16H23N3/c1-3-14(4-2)12-17-13-15-6-8-16(9-7-15)19-11-5-10-18-19/h5-11,14,17H,3-4,12-13H2,1-2H3. The fraction of sp³-hybridized carbons (Fsp3) is 0.438. The monoisotopic (exact) mass is 257 g/mol. The van der Waals surface area contributed by atoms with Crippen LogP contribution in [-0.2, 0) is 6.54 Å². The molecule has 1 aromatic carbocycles. The number of hydrogen-bond donors (Lipinski definition) is 1. The summed E-state index contributed by atoms with van der Waals surface area (Å²) in [7, 11) is 0. The molecule has 3 nitrogen and oxygen atoms in total. The Kier molecular flexibility index (Phi) is 5.16. The highest BCUT2D eigenvalue weighted by atomic mass is 15.3. The molecule has 102 valence electrons. The summed E-state index contributed by atoms with van der Waals surface area (Å²) in [6.45, 7) is 6.56. The van der Waals surface area contributed by atoms with Gasteiger partial charge in [0, 0.05) is 18.9 Å². The Labute approximate surface area is 115 Å². The van der Waals surface area contributed by atoms with Crippen LogP contribution < -0.4 is 5.32 Å². The molecule has 19 heavy (non-hydrogen) atoms. The minimum atomic E-state index is 0.795. The Morgan fingerprint density at radius 3 is 2.47 bits per heavy atom. The average Bonchev–Trinajstić information content (AvgIpc) is 2.98. The maximum Gasteiger partial charge on any atom is 0.0645 e. The second-order valence-corrected chi connectivity index (χ2v) is 4.93. The lowest BCUT2D eigenvalue weighted by Gasteiger charge is -2.13. The van der Waals surface area contributed by atoms with E-state index in [1.807, 2.05) is 16.9 Å². The van der Waals surface area contributed by atoms with Crippen molar-refractivity contribution in [2.24, 2.45) is 5.92 Å². The molecule has 0 spiro atoms. The third kappa shape index (κ3) is 3.93. The van der Waals surface area contributed by atoms with E-state index in [0.29, 0.717) is 0 Å². The predicted octanol–water partition coefficient (Wildman–Crippen LogP) is 3.40. The highest BCUT2D eigenvalue weighted by Gasteiger charge is 2.02. The predicted molar refractivity (Wildman–Crippen MR) is 79.3 cm³/mol. The number of hydrogen-bond acceptors (Lipinski definition) is 2. The minimum absolute atomic E-state index is 0.795. The van der Waals surface area contributed by atoms with Crippen molar-refractivity contribution in [1.29, 1.82) is 0 Å². The Morgan fingerprint density at radius 2 is 1.89 bits per heavy atom. The van der Waals surface area contributed by atoms with Crippen molar-refractivity contribution >= 4 is 0 Å². The highest BCUT2D eigenvalue weighted by Crippen LogP contribution is 2.09. The Hall–Kier alpha value is -1.61. The molecule has 0 radical (unpaired) electrons. The van der Waals surface area contributed by atoms with E-state index in [1.54, 1.807) is 6.20 Å². The summed E-state index contributed by atoms with van der Waals surface area (Å²) in [6.07, 6.45) is 6.26. The van der Waals surface area contributed by atoms with E-state index >= 15 is 0 Å². The molecule has 0 aliphatic heterocycles. The number of nitrogens with zero attached hydrogens (tertiary/aromatic N) is 2. The molecule has 0 fully saturated rings. The van der Waals surface area contributed by atoms with Crippen LogP contribution in [0.3, 0.4) is 0 Å². The fourth-order valence-electron chi connectivity index (χ4n) is 2.19. The van der Waals surface area contributed by atoms with Crippen molar-refractivity contribution in [1.82, 2.24) is 15.1 Å². The summed E-state index contributed by atoms with van der Waals surface area (Å²) in [5, 5.41) is 7.76. The lowest BCUT2D eigenvalue weighted by molar-refractivity contribution is 0.449. The summed E-state index contributed by atoms with van der Waals surface area (Å²) in [4.78, 5) is 0. The van der Waals surface area contributed by atoms with Crippen LogP contribution >= 0.6 is 0 Å². The van der Waals surface area contributed by atoms with Crippen molar-refractivity contribution in [3.8, 4) is 5.69 Å². The molecule has 1 heterocycles. The van der Waals surface area contributed by atoms with Gasteiger partial charge in [-0.1, -0.05) is 38.8 Å². The van der Waals surface area contributed by atoms with Crippen molar-refractivity contribution in [2.45, 2.75) is 33.2 Å². The van der Waals surface area contributed by atoms with Crippen molar-refractivity contribution < 1.29 is 0 Å². The Bertz CT molecular complexity index is 455. The number of nitrogens with one attached hydrogen (secondary N) is 1. The Morgan fingerprint density at radius 1 is 1.16 bits per heavy atom. The molecule has 3 heteroatoms. The molecule has 0 amide bonds. The van der Waals surface area contributed by atoms with E-state index in [1.165, 1.54) is 18.4 Å². The van der Waals surface area contributed by atoms with Gasteiger partial charge in [-0.2, -0.15) is 5.10 Å². The van der Waals surface area contributed by atoms with Crippen LogP contribution in [-0.4, -0.2) is 16.3 Å². The average molecular weight is 257 g/mol. The maximum absolute atomic E-state index is 4.22. The van der Waals surface area contributed by atoms with E-state index in [-0.39, 0.29) is 0 Å². The fourth-order valence-corrected chi connectivity index (χ4v) is 2.19. The smallest absolute Gasteiger partial charge is 0.0645 e. The summed E-state index contributed by atoms with van der Waals surface area (Å²) in [6, 6.07) is 10.5. The summed E-state index contributed by atoms with van der Waals surface area (Å²) in [5.41, 5.74) is 2.43. The normalized spacial score (nSPS) is 11.1. The van der Waals surface area contributed by atoms with Gasteiger partial charge in [-0.25, -0.2) is 4.68 Å². The number of benzene rings is 1. The van der Waals surface area contributed by atoms with Gasteiger partial charge in [0.1, 0.15) is 0 Å². The third-order valence-electron chi connectivity index (χ3n) is 3.62. The highest BCUT2D eigenvalue weighted by molar-refractivity contribution is 5.33. The largest absolute Gasteiger partial charge is 0.312 e. The topological polar surface area (TPSA) is 29.9 Å². The molecule has 0 unspecified atom stereocenters. The first-order valence-corrected chi connectivity index (χ1v) is 7.13. The van der Waals surface area contributed by atoms with E-state index in [4.69, 9.17) is 0 Å². The molecule has 1 N–H and O–H groups in total. The molecule has 2 aromatic rings. The van der Waals surface area contributed by atoms with Crippen LogP contribution in [0.4, 0.5) is 0 Å². The van der Waals surface area contributed by atoms with Gasteiger partial charge in [0.15, 0.2) is 0 Å². The van der Waals surface area contributed by atoms with E-state index < -0.39 is 0 Å². The molecular weight excluding hydrogens is 234 g/mol. The molecule has 0 aliphatic rings. The second-order valence-electron chi connectivity index (χ2n) is 4.93. The SMILES string of the molecule is CCC(CC)CNCc1ccc(-n2cccn2)cc1. The van der Waals surface area contributed by atoms with Gasteiger partial charge in [0.2, 0.25) is 0 Å². The van der Waals surface area contributed by atoms with Crippen LogP contribution in [0.15, 0.2) is 42.7 Å². The van der Waals surface area contributed by atoms with Gasteiger partial charge < -0.3 is 5.32 Å². The van der Waals surface area contributed by atoms with Gasteiger partial charge in [0.25, 0.3) is 0 Å². The zero-order chi connectivity index (χ0) is 13.5. The van der Waals surface area contributed by atoms with E-state index in [9.17, 15) is 0 Å². The van der Waals surface area contributed by atoms with Crippen molar-refractivity contribution in [3.63, 3.8) is 0 Å². The zero-order valence-corrected chi connectivity index (χ0v) is 11.8. The summed E-state index contributed by atoms with van der Waals surface area (Å²) >= 11 is 0. The van der Waals surface area contributed by atoms with Gasteiger partial charge in [-0.3, -0.25) is 0 Å². The molecule has 0 atom stereocenters. The molecule has 1 aromatic heterocycles. The summed E-state index contributed by atoms with van der Waals surface area (Å²) < 4.78 is 1.88. The second kappa shape index (κ2) is 7.10. The zero-order valence-electron chi connectivity index (χ0n) is 11.8. The Balaban J connectivity index is 1.85. The maximum atomic E-state index is 4.22. The van der Waals surface area contributed by atoms with Gasteiger partial charge in [0.05, 0.1) is 5.69 Å². The van der Waals surface area contributed by atoms with Crippen LogP contribution in [0.2, 0.25) is 0 Å². The number of aromatic nitrogens is 2. The first kappa shape index (κ1) is 13.8. The lowest BCUT2D eigenvalue weighted by Crippen LogP contribution is -2.21. The quantitative estimate of drug-likeness (QED) is 0.824. The lowest BCUT2D eigenvalue weighted by atomic mass is 10.0. The van der Waals surface area contributed by atoms with E-state index in [2.05, 4.69) is 48.5 Å². The van der Waals surface area contributed by atoms with Crippen molar-refractivity contribution in [2.75, 3.05) is 6.54 Å². The molecule has 2 rings (SSSR count). The van der Waals surface area contributed by atoms with E-state index in [0.717, 1.165) is 24.7 Å². The van der Waals surface area contributed by atoms with Crippen molar-refractivity contribution in [3.05, 3.63) is 48.3 Å². The first-order valence-electron chi connectivity index (χ1n) is 7.13. The molecule has 0 saturated carbocycles. The van der Waals surface area contributed by atoms with Crippen LogP contribution in [0.25, 0.3) is 5.69 Å². The molecular formula is C16H23N3.